The molecule has 0 N–H and O–H groups in total. The van der Waals surface area contributed by atoms with Gasteiger partial charge in [0.1, 0.15) is 0 Å². The van der Waals surface area contributed by atoms with Crippen molar-refractivity contribution in [3.63, 3.8) is 0 Å². The van der Waals surface area contributed by atoms with Gasteiger partial charge < -0.3 is 0 Å². The summed E-state index contributed by atoms with van der Waals surface area (Å²) in [4.78, 5) is 0. The van der Waals surface area contributed by atoms with Crippen LogP contribution in [0.1, 0.15) is 0 Å². The molecule has 0 unspecified atom stereocenters. The molecule has 0 fully saturated rings. The van der Waals surface area contributed by atoms with Gasteiger partial charge in [-0.05, 0) is 13.1 Å². The Hall–Kier alpha value is 0.437. The predicted molar refractivity (Wildman–Crippen MR) is 36.7 cm³/mol. The summed E-state index contributed by atoms with van der Waals surface area (Å²) in [5, 5.41) is 0.993. The minimum Gasteiger partial charge on any atom is -0.178 e. The van der Waals surface area contributed by atoms with Crippen LogP contribution in [-0.2, 0) is 0 Å². The van der Waals surface area contributed by atoms with Gasteiger partial charge in [0, 0.05) is 11.9 Å². The SMILES string of the molecule is [CH2+][Si](C)(C)CS. The second kappa shape index (κ2) is 1.94. The second-order valence-corrected chi connectivity index (χ2v) is 7.92. The van der Waals surface area contributed by atoms with Gasteiger partial charge in [-0.1, -0.05) is 0 Å². The molecule has 0 spiro atoms. The summed E-state index contributed by atoms with van der Waals surface area (Å²) in [6.07, 6.45) is 0. The minimum absolute atomic E-state index is 0.993. The molecule has 0 aliphatic heterocycles. The van der Waals surface area contributed by atoms with E-state index in [1.807, 2.05) is 0 Å². The molecule has 0 nitrogen and oxygen atoms in total. The fraction of sp³-hybridized carbons (Fsp3) is 0.750. The van der Waals surface area contributed by atoms with Crippen molar-refractivity contribution in [3.8, 4) is 0 Å². The molecular formula is C4H11SSi+. The number of hydrogen-bond acceptors (Lipinski definition) is 1. The van der Waals surface area contributed by atoms with Crippen LogP contribution >= 0.6 is 12.6 Å². The van der Waals surface area contributed by atoms with Crippen molar-refractivity contribution in [2.24, 2.45) is 0 Å². The van der Waals surface area contributed by atoms with Gasteiger partial charge in [-0.3, -0.25) is 0 Å². The maximum atomic E-state index is 4.10. The maximum Gasteiger partial charge on any atom is 0.268 e. The van der Waals surface area contributed by atoms with E-state index in [2.05, 4.69) is 32.3 Å². The minimum atomic E-state index is -1.02. The van der Waals surface area contributed by atoms with E-state index in [-0.39, 0.29) is 0 Å². The lowest BCUT2D eigenvalue weighted by Gasteiger charge is -1.96. The van der Waals surface area contributed by atoms with Crippen LogP contribution in [0.4, 0.5) is 0 Å². The van der Waals surface area contributed by atoms with Gasteiger partial charge in [0.15, 0.2) is 0 Å². The third-order valence-electron chi connectivity index (χ3n) is 0.428. The molecule has 0 aromatic carbocycles. The molecule has 36 valence electrons. The first kappa shape index (κ1) is 6.44. The average molecular weight is 119 g/mol. The molecule has 2 heteroatoms. The van der Waals surface area contributed by atoms with Gasteiger partial charge in [-0.15, -0.1) is 0 Å². The van der Waals surface area contributed by atoms with Crippen LogP contribution in [0, 0.1) is 6.55 Å². The first-order chi connectivity index (χ1) is 2.56. The van der Waals surface area contributed by atoms with Crippen LogP contribution in [0.2, 0.25) is 13.1 Å². The van der Waals surface area contributed by atoms with Crippen molar-refractivity contribution in [1.82, 2.24) is 0 Å². The molecule has 0 saturated carbocycles. The Bertz CT molecular complexity index is 37.3. The van der Waals surface area contributed by atoms with E-state index in [1.54, 1.807) is 0 Å². The van der Waals surface area contributed by atoms with Crippen molar-refractivity contribution in [1.29, 1.82) is 0 Å². The Morgan fingerprint density at radius 3 is 1.83 bits per heavy atom. The average Bonchev–Trinajstić information content (AvgIpc) is 1.35. The lowest BCUT2D eigenvalue weighted by Crippen LogP contribution is -2.23. The zero-order chi connectivity index (χ0) is 5.21. The van der Waals surface area contributed by atoms with Crippen molar-refractivity contribution in [2.75, 3.05) is 5.38 Å². The maximum absolute atomic E-state index is 4.10. The summed E-state index contributed by atoms with van der Waals surface area (Å²) >= 11 is 4.10. The molecule has 0 amide bonds. The number of hydrogen-bond donors (Lipinski definition) is 1. The van der Waals surface area contributed by atoms with Crippen molar-refractivity contribution < 1.29 is 0 Å². The summed E-state index contributed by atoms with van der Waals surface area (Å²) < 4.78 is 0. The summed E-state index contributed by atoms with van der Waals surface area (Å²) in [6, 6.07) is 0. The predicted octanol–water partition coefficient (Wildman–Crippen LogP) is 1.54. The lowest BCUT2D eigenvalue weighted by molar-refractivity contribution is 1.75. The molecule has 0 heterocycles. The second-order valence-electron chi connectivity index (χ2n) is 2.32. The summed E-state index contributed by atoms with van der Waals surface area (Å²) in [5.41, 5.74) is 0. The first-order valence-corrected chi connectivity index (χ1v) is 6.07. The molecule has 0 saturated heterocycles. The van der Waals surface area contributed by atoms with Crippen molar-refractivity contribution in [2.45, 2.75) is 13.1 Å². The zero-order valence-corrected chi connectivity index (χ0v) is 6.26. The van der Waals surface area contributed by atoms with Crippen LogP contribution < -0.4 is 0 Å². The van der Waals surface area contributed by atoms with E-state index < -0.39 is 8.07 Å². The van der Waals surface area contributed by atoms with E-state index in [0.29, 0.717) is 0 Å². The van der Waals surface area contributed by atoms with Crippen LogP contribution in [0.15, 0.2) is 0 Å². The van der Waals surface area contributed by atoms with Crippen LogP contribution in [-0.4, -0.2) is 13.5 Å². The third kappa shape index (κ3) is 4.44. The number of rotatable bonds is 1. The van der Waals surface area contributed by atoms with E-state index in [4.69, 9.17) is 0 Å². The summed E-state index contributed by atoms with van der Waals surface area (Å²) in [6.45, 7) is 8.34. The van der Waals surface area contributed by atoms with Gasteiger partial charge in [0.05, 0.1) is 0 Å². The summed E-state index contributed by atoms with van der Waals surface area (Å²) in [7, 11) is -1.02. The van der Waals surface area contributed by atoms with Gasteiger partial charge >= 0.3 is 0 Å². The molecule has 0 aromatic heterocycles. The highest BCUT2D eigenvalue weighted by Gasteiger charge is 2.20. The molecular weight excluding hydrogens is 108 g/mol. The third-order valence-corrected chi connectivity index (χ3v) is 3.85. The molecule has 6 heavy (non-hydrogen) atoms. The quantitative estimate of drug-likeness (QED) is 0.302. The largest absolute Gasteiger partial charge is 0.268 e. The van der Waals surface area contributed by atoms with Crippen LogP contribution in [0.5, 0.6) is 0 Å². The molecule has 0 aliphatic carbocycles. The highest BCUT2D eigenvalue weighted by atomic mass is 32.1. The van der Waals surface area contributed by atoms with Gasteiger partial charge in [-0.2, -0.15) is 12.6 Å². The van der Waals surface area contributed by atoms with E-state index in [9.17, 15) is 0 Å². The van der Waals surface area contributed by atoms with Crippen molar-refractivity contribution >= 4 is 20.7 Å². The zero-order valence-electron chi connectivity index (χ0n) is 4.36. The van der Waals surface area contributed by atoms with Crippen LogP contribution in [0.25, 0.3) is 0 Å². The van der Waals surface area contributed by atoms with Gasteiger partial charge in [0.25, 0.3) is 8.07 Å². The molecule has 0 aliphatic rings. The number of thiol groups is 1. The topological polar surface area (TPSA) is 0 Å². The molecule has 0 bridgehead atoms. The lowest BCUT2D eigenvalue weighted by atomic mass is 11.8. The Balaban J connectivity index is 3.17. The smallest absolute Gasteiger partial charge is 0.178 e. The van der Waals surface area contributed by atoms with Gasteiger partial charge in [0.2, 0.25) is 0 Å². The fourth-order valence-corrected chi connectivity index (χ4v) is 0. The Kier molecular flexibility index (Phi) is 2.08. The van der Waals surface area contributed by atoms with E-state index >= 15 is 0 Å². The van der Waals surface area contributed by atoms with Gasteiger partial charge in [-0.25, -0.2) is 0 Å². The normalized spacial score (nSPS) is 11.8. The highest BCUT2D eigenvalue weighted by Crippen LogP contribution is 1.98. The molecule has 0 aromatic rings. The van der Waals surface area contributed by atoms with E-state index in [0.717, 1.165) is 5.38 Å². The van der Waals surface area contributed by atoms with Crippen molar-refractivity contribution in [3.05, 3.63) is 6.55 Å². The Morgan fingerprint density at radius 2 is 1.83 bits per heavy atom. The molecule has 0 rings (SSSR count). The Labute approximate surface area is 46.4 Å². The Morgan fingerprint density at radius 1 is 1.67 bits per heavy atom. The first-order valence-electron chi connectivity index (χ1n) is 2.02. The van der Waals surface area contributed by atoms with E-state index in [1.165, 1.54) is 0 Å². The standard InChI is InChI=1S/C4H10SSi/c1-6(2,3)4-5/h1,4H2,2-3H3/p+1. The molecule has 0 radical (unpaired) electrons. The molecule has 0 atom stereocenters. The monoisotopic (exact) mass is 119 g/mol. The fourth-order valence-electron chi connectivity index (χ4n) is 0. The van der Waals surface area contributed by atoms with Crippen LogP contribution in [0.3, 0.4) is 0 Å². The highest BCUT2D eigenvalue weighted by molar-refractivity contribution is 7.82. The summed E-state index contributed by atoms with van der Waals surface area (Å²) in [5.74, 6) is 0.